The highest BCUT2D eigenvalue weighted by atomic mass is 35.5. The van der Waals surface area contributed by atoms with Crippen LogP contribution in [0, 0.1) is 0 Å². The summed E-state index contributed by atoms with van der Waals surface area (Å²) < 4.78 is 0. The third kappa shape index (κ3) is 1.74. The van der Waals surface area contributed by atoms with Gasteiger partial charge in [-0.05, 0) is 12.1 Å². The quantitative estimate of drug-likeness (QED) is 0.561. The van der Waals surface area contributed by atoms with Crippen molar-refractivity contribution in [2.45, 2.75) is 12.8 Å². The van der Waals surface area contributed by atoms with Crippen LogP contribution in [0.5, 0.6) is 0 Å². The third-order valence-electron chi connectivity index (χ3n) is 1.56. The first kappa shape index (κ1) is 9.00. The first-order valence-electron chi connectivity index (χ1n) is 3.52. The van der Waals surface area contributed by atoms with E-state index in [-0.39, 0.29) is 5.92 Å². The van der Waals surface area contributed by atoms with Gasteiger partial charge in [0, 0.05) is 0 Å². The van der Waals surface area contributed by atoms with E-state index in [2.05, 4.69) is 4.98 Å². The Hall–Kier alpha value is -1.09. The van der Waals surface area contributed by atoms with Crippen LogP contribution in [0.25, 0.3) is 0 Å². The molecule has 1 aromatic rings. The highest BCUT2D eigenvalue weighted by molar-refractivity contribution is 6.29. The number of pyridine rings is 1. The minimum atomic E-state index is -0.302. The van der Waals surface area contributed by atoms with Crippen LogP contribution in [0.2, 0.25) is 5.15 Å². The van der Waals surface area contributed by atoms with Gasteiger partial charge < -0.3 is 10.5 Å². The number of halogens is 1. The largest absolute Gasteiger partial charge is 0.397 e. The summed E-state index contributed by atoms with van der Waals surface area (Å²) in [7, 11) is 0. The molecule has 0 aliphatic heterocycles. The van der Waals surface area contributed by atoms with Crippen LogP contribution in [0.4, 0.5) is 5.69 Å². The van der Waals surface area contributed by atoms with Gasteiger partial charge in [0.05, 0.1) is 17.3 Å². The van der Waals surface area contributed by atoms with E-state index < -0.39 is 0 Å². The zero-order chi connectivity index (χ0) is 9.14. The first-order chi connectivity index (χ1) is 5.65. The van der Waals surface area contributed by atoms with E-state index in [9.17, 15) is 4.79 Å². The van der Waals surface area contributed by atoms with Crippen molar-refractivity contribution in [2.24, 2.45) is 0 Å². The van der Waals surface area contributed by atoms with Crippen LogP contribution in [0.1, 0.15) is 18.5 Å². The van der Waals surface area contributed by atoms with Crippen molar-refractivity contribution >= 4 is 23.6 Å². The standard InChI is InChI=1S/C8H9ClN2O/c1-5(4-12)8-6(10)2-3-7(9)11-8/h2-5H,10H2,1H3. The molecule has 3 nitrogen and oxygen atoms in total. The molecule has 0 amide bonds. The van der Waals surface area contributed by atoms with Crippen molar-refractivity contribution in [3.63, 3.8) is 0 Å². The van der Waals surface area contributed by atoms with Gasteiger partial charge in [-0.25, -0.2) is 4.98 Å². The molecular weight excluding hydrogens is 176 g/mol. The average Bonchev–Trinajstić information content (AvgIpc) is 2.08. The average molecular weight is 185 g/mol. The summed E-state index contributed by atoms with van der Waals surface area (Å²) in [5.74, 6) is -0.302. The second-order valence-electron chi connectivity index (χ2n) is 2.53. The fourth-order valence-corrected chi connectivity index (χ4v) is 1.04. The molecule has 4 heteroatoms. The van der Waals surface area contributed by atoms with Gasteiger partial charge in [-0.3, -0.25) is 0 Å². The van der Waals surface area contributed by atoms with Crippen molar-refractivity contribution in [3.8, 4) is 0 Å². The van der Waals surface area contributed by atoms with Crippen molar-refractivity contribution < 1.29 is 4.79 Å². The maximum absolute atomic E-state index is 10.4. The Morgan fingerprint density at radius 3 is 2.92 bits per heavy atom. The Labute approximate surface area is 75.6 Å². The Kier molecular flexibility index (Phi) is 2.65. The molecule has 2 N–H and O–H groups in total. The fourth-order valence-electron chi connectivity index (χ4n) is 0.890. The van der Waals surface area contributed by atoms with Crippen LogP contribution < -0.4 is 5.73 Å². The Balaban J connectivity index is 3.12. The SMILES string of the molecule is CC(C=O)c1nc(Cl)ccc1N. The summed E-state index contributed by atoms with van der Waals surface area (Å²) in [6.07, 6.45) is 0.787. The molecule has 0 aliphatic rings. The lowest BCUT2D eigenvalue weighted by Gasteiger charge is -2.06. The minimum Gasteiger partial charge on any atom is -0.397 e. The monoisotopic (exact) mass is 184 g/mol. The maximum atomic E-state index is 10.4. The van der Waals surface area contributed by atoms with Crippen LogP contribution in [0.15, 0.2) is 12.1 Å². The molecule has 1 aromatic heterocycles. The Morgan fingerprint density at radius 2 is 2.33 bits per heavy atom. The van der Waals surface area contributed by atoms with Crippen LogP contribution in [0.3, 0.4) is 0 Å². The number of hydrogen-bond donors (Lipinski definition) is 1. The second-order valence-corrected chi connectivity index (χ2v) is 2.92. The molecule has 1 rings (SSSR count). The van der Waals surface area contributed by atoms with E-state index >= 15 is 0 Å². The topological polar surface area (TPSA) is 56.0 Å². The van der Waals surface area contributed by atoms with Gasteiger partial charge in [0.2, 0.25) is 0 Å². The molecule has 1 unspecified atom stereocenters. The molecule has 0 radical (unpaired) electrons. The van der Waals surface area contributed by atoms with E-state index in [1.165, 1.54) is 0 Å². The van der Waals surface area contributed by atoms with Crippen LogP contribution in [-0.4, -0.2) is 11.3 Å². The normalized spacial score (nSPS) is 12.5. The van der Waals surface area contributed by atoms with Crippen molar-refractivity contribution in [2.75, 3.05) is 5.73 Å². The number of aldehydes is 1. The van der Waals surface area contributed by atoms with E-state index in [1.54, 1.807) is 19.1 Å². The number of carbonyl (C=O) groups is 1. The molecule has 0 fully saturated rings. The fraction of sp³-hybridized carbons (Fsp3) is 0.250. The molecule has 0 saturated carbocycles. The van der Waals surface area contributed by atoms with Crippen LogP contribution in [-0.2, 0) is 4.79 Å². The van der Waals surface area contributed by atoms with E-state index in [4.69, 9.17) is 17.3 Å². The number of aromatic nitrogens is 1. The number of anilines is 1. The number of nitrogen functional groups attached to an aromatic ring is 1. The summed E-state index contributed by atoms with van der Waals surface area (Å²) in [5.41, 5.74) is 6.62. The third-order valence-corrected chi connectivity index (χ3v) is 1.77. The van der Waals surface area contributed by atoms with Gasteiger partial charge in [-0.15, -0.1) is 0 Å². The van der Waals surface area contributed by atoms with E-state index in [1.807, 2.05) is 0 Å². The second kappa shape index (κ2) is 3.54. The summed E-state index contributed by atoms with van der Waals surface area (Å²) in [4.78, 5) is 14.4. The molecule has 0 spiro atoms. The molecule has 0 aromatic carbocycles. The summed E-state index contributed by atoms with van der Waals surface area (Å²) in [5, 5.41) is 0.355. The highest BCUT2D eigenvalue weighted by Gasteiger charge is 2.09. The number of nitrogens with zero attached hydrogens (tertiary/aromatic N) is 1. The van der Waals surface area contributed by atoms with Gasteiger partial charge in [0.1, 0.15) is 11.4 Å². The minimum absolute atomic E-state index is 0.302. The Morgan fingerprint density at radius 1 is 1.67 bits per heavy atom. The number of hydrogen-bond acceptors (Lipinski definition) is 3. The number of rotatable bonds is 2. The van der Waals surface area contributed by atoms with E-state index in [0.29, 0.717) is 16.5 Å². The molecule has 64 valence electrons. The zero-order valence-corrected chi connectivity index (χ0v) is 7.38. The molecule has 1 atom stereocenters. The summed E-state index contributed by atoms with van der Waals surface area (Å²) >= 11 is 5.64. The van der Waals surface area contributed by atoms with Gasteiger partial charge >= 0.3 is 0 Å². The van der Waals surface area contributed by atoms with Gasteiger partial charge in [-0.2, -0.15) is 0 Å². The molecule has 0 bridgehead atoms. The smallest absolute Gasteiger partial charge is 0.129 e. The lowest BCUT2D eigenvalue weighted by atomic mass is 10.1. The Bertz CT molecular complexity index is 301. The van der Waals surface area contributed by atoms with Crippen molar-refractivity contribution in [1.82, 2.24) is 4.98 Å². The maximum Gasteiger partial charge on any atom is 0.129 e. The van der Waals surface area contributed by atoms with Gasteiger partial charge in [-0.1, -0.05) is 18.5 Å². The summed E-state index contributed by atoms with van der Waals surface area (Å²) in [6, 6.07) is 3.24. The van der Waals surface area contributed by atoms with Gasteiger partial charge in [0.15, 0.2) is 0 Å². The predicted molar refractivity (Wildman–Crippen MR) is 48.1 cm³/mol. The predicted octanol–water partition coefficient (Wildman–Crippen LogP) is 1.62. The van der Waals surface area contributed by atoms with Crippen molar-refractivity contribution in [1.29, 1.82) is 0 Å². The highest BCUT2D eigenvalue weighted by Crippen LogP contribution is 2.20. The zero-order valence-electron chi connectivity index (χ0n) is 6.62. The van der Waals surface area contributed by atoms with Crippen molar-refractivity contribution in [3.05, 3.63) is 23.0 Å². The molecular formula is C8H9ClN2O. The number of carbonyl (C=O) groups excluding carboxylic acids is 1. The van der Waals surface area contributed by atoms with Crippen LogP contribution >= 0.6 is 11.6 Å². The summed E-state index contributed by atoms with van der Waals surface area (Å²) in [6.45, 7) is 1.72. The molecule has 12 heavy (non-hydrogen) atoms. The number of nitrogens with two attached hydrogens (primary N) is 1. The lowest BCUT2D eigenvalue weighted by Crippen LogP contribution is -2.03. The molecule has 0 saturated heterocycles. The molecule has 0 aliphatic carbocycles. The lowest BCUT2D eigenvalue weighted by molar-refractivity contribution is -0.108. The van der Waals surface area contributed by atoms with E-state index in [0.717, 1.165) is 6.29 Å². The first-order valence-corrected chi connectivity index (χ1v) is 3.90. The van der Waals surface area contributed by atoms with Gasteiger partial charge in [0.25, 0.3) is 0 Å². The molecule has 1 heterocycles.